The molecule has 0 fully saturated rings. The highest BCUT2D eigenvalue weighted by Gasteiger charge is 2.27. The van der Waals surface area contributed by atoms with Gasteiger partial charge < -0.3 is 14.8 Å². The Labute approximate surface area is 107 Å². The van der Waals surface area contributed by atoms with Crippen LogP contribution < -0.4 is 5.32 Å². The molecule has 1 amide bonds. The van der Waals surface area contributed by atoms with Gasteiger partial charge in [0.15, 0.2) is 6.29 Å². The molecule has 0 aromatic heterocycles. The van der Waals surface area contributed by atoms with Crippen LogP contribution in [0.5, 0.6) is 0 Å². The van der Waals surface area contributed by atoms with Crippen LogP contribution >= 0.6 is 0 Å². The predicted molar refractivity (Wildman–Crippen MR) is 68.2 cm³/mol. The van der Waals surface area contributed by atoms with E-state index >= 15 is 0 Å². The van der Waals surface area contributed by atoms with Gasteiger partial charge in [-0.3, -0.25) is 4.79 Å². The van der Waals surface area contributed by atoms with Crippen molar-refractivity contribution in [1.29, 1.82) is 0 Å². The van der Waals surface area contributed by atoms with Crippen LogP contribution in [0.4, 0.5) is 0 Å². The van der Waals surface area contributed by atoms with E-state index in [2.05, 4.69) is 17.4 Å². The van der Waals surface area contributed by atoms with Crippen molar-refractivity contribution in [2.24, 2.45) is 5.92 Å². The minimum atomic E-state index is -0.377. The minimum absolute atomic E-state index is 0.0387. The van der Waals surface area contributed by atoms with Crippen molar-refractivity contribution < 1.29 is 14.3 Å². The van der Waals surface area contributed by atoms with Crippen molar-refractivity contribution in [3.8, 4) is 0 Å². The summed E-state index contributed by atoms with van der Waals surface area (Å²) in [5.74, 6) is 0.113. The van der Waals surface area contributed by atoms with Gasteiger partial charge >= 0.3 is 0 Å². The molecule has 1 aliphatic carbocycles. The van der Waals surface area contributed by atoms with E-state index in [1.54, 1.807) is 14.2 Å². The van der Waals surface area contributed by atoms with E-state index in [9.17, 15) is 4.79 Å². The van der Waals surface area contributed by atoms with Crippen LogP contribution in [0.15, 0.2) is 24.3 Å². The van der Waals surface area contributed by atoms with Gasteiger partial charge in [0, 0.05) is 20.1 Å². The topological polar surface area (TPSA) is 47.6 Å². The van der Waals surface area contributed by atoms with Crippen molar-refractivity contribution in [3.63, 3.8) is 0 Å². The molecule has 0 aliphatic heterocycles. The highest BCUT2D eigenvalue weighted by Crippen LogP contribution is 2.26. The van der Waals surface area contributed by atoms with E-state index in [1.165, 1.54) is 11.1 Å². The van der Waals surface area contributed by atoms with Crippen LogP contribution in [0.3, 0.4) is 0 Å². The van der Waals surface area contributed by atoms with Gasteiger partial charge in [0.2, 0.25) is 5.91 Å². The third-order valence-corrected chi connectivity index (χ3v) is 3.39. The van der Waals surface area contributed by atoms with Crippen LogP contribution in [0.25, 0.3) is 0 Å². The first kappa shape index (κ1) is 13.1. The fourth-order valence-corrected chi connectivity index (χ4v) is 2.34. The quantitative estimate of drug-likeness (QED) is 0.796. The molecule has 98 valence electrons. The third kappa shape index (κ3) is 2.89. The maximum atomic E-state index is 12.0. The second kappa shape index (κ2) is 5.98. The molecule has 0 bridgehead atoms. The summed E-state index contributed by atoms with van der Waals surface area (Å²) in [4.78, 5) is 12.0. The molecule has 0 unspecified atom stereocenters. The van der Waals surface area contributed by atoms with Crippen molar-refractivity contribution in [2.75, 3.05) is 20.8 Å². The third-order valence-electron chi connectivity index (χ3n) is 3.39. The maximum absolute atomic E-state index is 12.0. The van der Waals surface area contributed by atoms with E-state index in [4.69, 9.17) is 9.47 Å². The lowest BCUT2D eigenvalue weighted by atomic mass is 10.1. The maximum Gasteiger partial charge on any atom is 0.223 e. The summed E-state index contributed by atoms with van der Waals surface area (Å²) < 4.78 is 10.1. The van der Waals surface area contributed by atoms with Gasteiger partial charge in [-0.2, -0.15) is 0 Å². The van der Waals surface area contributed by atoms with E-state index < -0.39 is 0 Å². The van der Waals surface area contributed by atoms with Crippen molar-refractivity contribution >= 4 is 5.91 Å². The zero-order valence-corrected chi connectivity index (χ0v) is 10.8. The van der Waals surface area contributed by atoms with Gasteiger partial charge in [0.25, 0.3) is 0 Å². The Bertz CT molecular complexity index is 390. The molecule has 1 aliphatic rings. The van der Waals surface area contributed by atoms with Crippen LogP contribution in [0, 0.1) is 5.92 Å². The smallest absolute Gasteiger partial charge is 0.223 e. The molecule has 1 aromatic carbocycles. The molecule has 1 N–H and O–H groups in total. The molecular weight excluding hydrogens is 230 g/mol. The number of hydrogen-bond acceptors (Lipinski definition) is 3. The summed E-state index contributed by atoms with van der Waals surface area (Å²) in [6.07, 6.45) is 1.27. The summed E-state index contributed by atoms with van der Waals surface area (Å²) in [6, 6.07) is 8.22. The normalized spacial score (nSPS) is 14.8. The van der Waals surface area contributed by atoms with Crippen LogP contribution in [0.2, 0.25) is 0 Å². The molecule has 0 atom stereocenters. The summed E-state index contributed by atoms with van der Waals surface area (Å²) in [5, 5.41) is 2.87. The number of rotatable bonds is 5. The number of hydrogen-bond donors (Lipinski definition) is 1. The molecule has 4 nitrogen and oxygen atoms in total. The molecule has 0 saturated carbocycles. The number of nitrogens with one attached hydrogen (secondary N) is 1. The molecule has 4 heteroatoms. The van der Waals surface area contributed by atoms with Crippen molar-refractivity contribution in [3.05, 3.63) is 35.4 Å². The molecular formula is C14H19NO3. The SMILES string of the molecule is COC(CNC(=O)C1Cc2ccccc2C1)OC. The van der Waals surface area contributed by atoms with Crippen LogP contribution in [-0.4, -0.2) is 33.0 Å². The van der Waals surface area contributed by atoms with Crippen molar-refractivity contribution in [1.82, 2.24) is 5.32 Å². The first-order valence-electron chi connectivity index (χ1n) is 6.14. The lowest BCUT2D eigenvalue weighted by Gasteiger charge is -2.16. The number of methoxy groups -OCH3 is 2. The van der Waals surface area contributed by atoms with Crippen LogP contribution in [0.1, 0.15) is 11.1 Å². The molecule has 0 saturated heterocycles. The fraction of sp³-hybridized carbons (Fsp3) is 0.500. The van der Waals surface area contributed by atoms with E-state index in [0.29, 0.717) is 6.54 Å². The summed E-state index contributed by atoms with van der Waals surface area (Å²) in [7, 11) is 3.12. The van der Waals surface area contributed by atoms with Gasteiger partial charge in [0.1, 0.15) is 0 Å². The average Bonchev–Trinajstić information content (AvgIpc) is 2.83. The molecule has 0 spiro atoms. The molecule has 0 radical (unpaired) electrons. The first-order valence-corrected chi connectivity index (χ1v) is 6.14. The minimum Gasteiger partial charge on any atom is -0.354 e. The molecule has 2 rings (SSSR count). The number of benzene rings is 1. The largest absolute Gasteiger partial charge is 0.354 e. The Morgan fingerprint density at radius 1 is 1.28 bits per heavy atom. The fourth-order valence-electron chi connectivity index (χ4n) is 2.34. The van der Waals surface area contributed by atoms with Gasteiger partial charge in [-0.15, -0.1) is 0 Å². The van der Waals surface area contributed by atoms with Gasteiger partial charge in [-0.05, 0) is 24.0 Å². The Hall–Kier alpha value is -1.39. The molecule has 0 heterocycles. The first-order chi connectivity index (χ1) is 8.74. The molecule has 1 aromatic rings. The Morgan fingerprint density at radius 3 is 2.33 bits per heavy atom. The second-order valence-electron chi connectivity index (χ2n) is 4.52. The molecule has 18 heavy (non-hydrogen) atoms. The Kier molecular flexibility index (Phi) is 4.33. The number of carbonyl (C=O) groups excluding carboxylic acids is 1. The lowest BCUT2D eigenvalue weighted by Crippen LogP contribution is -2.38. The van der Waals surface area contributed by atoms with E-state index in [0.717, 1.165) is 12.8 Å². The number of fused-ring (bicyclic) bond motifs is 1. The average molecular weight is 249 g/mol. The van der Waals surface area contributed by atoms with Crippen molar-refractivity contribution in [2.45, 2.75) is 19.1 Å². The number of ether oxygens (including phenoxy) is 2. The zero-order chi connectivity index (χ0) is 13.0. The van der Waals surface area contributed by atoms with Gasteiger partial charge in [-0.1, -0.05) is 24.3 Å². The van der Waals surface area contributed by atoms with E-state index in [-0.39, 0.29) is 18.1 Å². The number of carbonyl (C=O) groups is 1. The predicted octanol–water partition coefficient (Wildman–Crippen LogP) is 1.14. The highest BCUT2D eigenvalue weighted by molar-refractivity contribution is 5.80. The Balaban J connectivity index is 1.86. The standard InChI is InChI=1S/C14H19NO3/c1-17-13(18-2)9-15-14(16)12-7-10-5-3-4-6-11(10)8-12/h3-6,12-13H,7-9H2,1-2H3,(H,15,16). The highest BCUT2D eigenvalue weighted by atomic mass is 16.7. The van der Waals surface area contributed by atoms with Gasteiger partial charge in [0.05, 0.1) is 6.54 Å². The lowest BCUT2D eigenvalue weighted by molar-refractivity contribution is -0.130. The zero-order valence-electron chi connectivity index (χ0n) is 10.8. The monoisotopic (exact) mass is 249 g/mol. The van der Waals surface area contributed by atoms with E-state index in [1.807, 2.05) is 12.1 Å². The Morgan fingerprint density at radius 2 is 1.83 bits per heavy atom. The second-order valence-corrected chi connectivity index (χ2v) is 4.52. The number of amides is 1. The summed E-state index contributed by atoms with van der Waals surface area (Å²) in [5.41, 5.74) is 2.57. The summed E-state index contributed by atoms with van der Waals surface area (Å²) in [6.45, 7) is 0.388. The van der Waals surface area contributed by atoms with Crippen LogP contribution in [-0.2, 0) is 27.1 Å². The summed E-state index contributed by atoms with van der Waals surface area (Å²) >= 11 is 0. The van der Waals surface area contributed by atoms with Gasteiger partial charge in [-0.25, -0.2) is 0 Å².